The van der Waals surface area contributed by atoms with E-state index in [4.69, 9.17) is 4.84 Å². The minimum atomic E-state index is 0.240. The van der Waals surface area contributed by atoms with Gasteiger partial charge in [-0.15, -0.1) is 0 Å². The molecule has 0 radical (unpaired) electrons. The molecule has 2 heteroatoms. The number of aryl methyl sites for hydroxylation is 1. The number of hydrogen-bond acceptors (Lipinski definition) is 2. The highest BCUT2D eigenvalue weighted by Crippen LogP contribution is 2.17. The van der Waals surface area contributed by atoms with Crippen LogP contribution in [0.2, 0.25) is 0 Å². The molecular weight excluding hydrogens is 234 g/mol. The van der Waals surface area contributed by atoms with Crippen molar-refractivity contribution in [2.24, 2.45) is 0 Å². The van der Waals surface area contributed by atoms with Crippen LogP contribution in [0.3, 0.4) is 0 Å². The number of rotatable bonds is 6. The van der Waals surface area contributed by atoms with Crippen molar-refractivity contribution in [2.75, 3.05) is 0 Å². The third-order valence-electron chi connectivity index (χ3n) is 3.20. The molecule has 0 spiro atoms. The Hall–Kier alpha value is -1.64. The Morgan fingerprint density at radius 1 is 1.00 bits per heavy atom. The van der Waals surface area contributed by atoms with Crippen LogP contribution in [0.1, 0.15) is 36.1 Å². The molecule has 100 valence electrons. The lowest BCUT2D eigenvalue weighted by Crippen LogP contribution is -2.21. The normalized spacial score (nSPS) is 12.3. The van der Waals surface area contributed by atoms with Gasteiger partial charge in [0.1, 0.15) is 0 Å². The lowest BCUT2D eigenvalue weighted by Gasteiger charge is -2.17. The molecule has 0 aliphatic rings. The Kier molecular flexibility index (Phi) is 5.13. The van der Waals surface area contributed by atoms with E-state index in [1.54, 1.807) is 0 Å². The maximum absolute atomic E-state index is 5.61. The summed E-state index contributed by atoms with van der Waals surface area (Å²) in [7, 11) is 0. The zero-order valence-electron chi connectivity index (χ0n) is 11.6. The fourth-order valence-electron chi connectivity index (χ4n) is 1.99. The summed E-state index contributed by atoms with van der Waals surface area (Å²) in [6, 6.07) is 19.0. The lowest BCUT2D eigenvalue weighted by molar-refractivity contribution is 0.00203. The quantitative estimate of drug-likeness (QED) is 0.782. The molecule has 0 fully saturated rings. The van der Waals surface area contributed by atoms with Crippen molar-refractivity contribution in [1.29, 1.82) is 0 Å². The highest BCUT2D eigenvalue weighted by atomic mass is 16.6. The lowest BCUT2D eigenvalue weighted by atomic mass is 10.0. The SMILES string of the molecule is CCC(NOCc1ccccc1)c1ccc(C)cc1. The summed E-state index contributed by atoms with van der Waals surface area (Å²) < 4.78 is 0. The van der Waals surface area contributed by atoms with Crippen LogP contribution < -0.4 is 5.48 Å². The molecule has 19 heavy (non-hydrogen) atoms. The Morgan fingerprint density at radius 2 is 1.68 bits per heavy atom. The van der Waals surface area contributed by atoms with Crippen LogP contribution in [-0.4, -0.2) is 0 Å². The van der Waals surface area contributed by atoms with Gasteiger partial charge in [0.05, 0.1) is 12.6 Å². The van der Waals surface area contributed by atoms with E-state index in [1.165, 1.54) is 16.7 Å². The monoisotopic (exact) mass is 255 g/mol. The van der Waals surface area contributed by atoms with Gasteiger partial charge in [0.2, 0.25) is 0 Å². The molecule has 1 atom stereocenters. The van der Waals surface area contributed by atoms with Crippen LogP contribution in [0.5, 0.6) is 0 Å². The zero-order chi connectivity index (χ0) is 13.5. The molecule has 1 N–H and O–H groups in total. The van der Waals surface area contributed by atoms with E-state index in [0.717, 1.165) is 6.42 Å². The first-order chi connectivity index (χ1) is 9.29. The van der Waals surface area contributed by atoms with Crippen molar-refractivity contribution < 1.29 is 4.84 Å². The average Bonchev–Trinajstić information content (AvgIpc) is 2.46. The predicted molar refractivity (Wildman–Crippen MR) is 78.6 cm³/mol. The smallest absolute Gasteiger partial charge is 0.0933 e. The first-order valence-electron chi connectivity index (χ1n) is 6.77. The molecule has 2 rings (SSSR count). The minimum Gasteiger partial charge on any atom is -0.296 e. The van der Waals surface area contributed by atoms with E-state index < -0.39 is 0 Å². The molecule has 2 aromatic rings. The Bertz CT molecular complexity index is 478. The van der Waals surface area contributed by atoms with Gasteiger partial charge in [0, 0.05) is 0 Å². The fraction of sp³-hybridized carbons (Fsp3) is 0.294. The molecule has 0 aromatic heterocycles. The summed E-state index contributed by atoms with van der Waals surface area (Å²) in [5.74, 6) is 0. The summed E-state index contributed by atoms with van der Waals surface area (Å²) in [4.78, 5) is 5.61. The summed E-state index contributed by atoms with van der Waals surface area (Å²) in [5, 5.41) is 0. The molecule has 1 unspecified atom stereocenters. The molecule has 2 aromatic carbocycles. The van der Waals surface area contributed by atoms with Crippen LogP contribution in [-0.2, 0) is 11.4 Å². The van der Waals surface area contributed by atoms with Crippen molar-refractivity contribution in [2.45, 2.75) is 32.9 Å². The maximum atomic E-state index is 5.61. The summed E-state index contributed by atoms with van der Waals surface area (Å²) in [6.07, 6.45) is 0.998. The molecule has 2 nitrogen and oxygen atoms in total. The van der Waals surface area contributed by atoms with Crippen LogP contribution in [0.15, 0.2) is 54.6 Å². The van der Waals surface area contributed by atoms with Gasteiger partial charge in [0.15, 0.2) is 0 Å². The highest BCUT2D eigenvalue weighted by molar-refractivity contribution is 5.23. The first kappa shape index (κ1) is 13.8. The molecule has 0 aliphatic heterocycles. The largest absolute Gasteiger partial charge is 0.296 e. The first-order valence-corrected chi connectivity index (χ1v) is 6.77. The summed E-state index contributed by atoms with van der Waals surface area (Å²) in [5.41, 5.74) is 6.87. The van der Waals surface area contributed by atoms with Crippen molar-refractivity contribution in [3.05, 3.63) is 71.3 Å². The molecule has 0 aliphatic carbocycles. The van der Waals surface area contributed by atoms with E-state index in [9.17, 15) is 0 Å². The van der Waals surface area contributed by atoms with E-state index in [-0.39, 0.29) is 6.04 Å². The maximum Gasteiger partial charge on any atom is 0.0933 e. The van der Waals surface area contributed by atoms with E-state index in [1.807, 2.05) is 18.2 Å². The van der Waals surface area contributed by atoms with Crippen molar-refractivity contribution in [3.63, 3.8) is 0 Å². The number of benzene rings is 2. The zero-order valence-corrected chi connectivity index (χ0v) is 11.6. The Morgan fingerprint density at radius 3 is 2.32 bits per heavy atom. The van der Waals surface area contributed by atoms with Gasteiger partial charge in [-0.1, -0.05) is 67.1 Å². The van der Waals surface area contributed by atoms with Gasteiger partial charge >= 0.3 is 0 Å². The van der Waals surface area contributed by atoms with E-state index >= 15 is 0 Å². The second kappa shape index (κ2) is 7.07. The van der Waals surface area contributed by atoms with Crippen LogP contribution >= 0.6 is 0 Å². The Labute approximate surface area is 115 Å². The summed E-state index contributed by atoms with van der Waals surface area (Å²) in [6.45, 7) is 4.84. The number of hydroxylamine groups is 1. The Balaban J connectivity index is 1.87. The third kappa shape index (κ3) is 4.19. The average molecular weight is 255 g/mol. The van der Waals surface area contributed by atoms with Crippen LogP contribution in [0, 0.1) is 6.92 Å². The molecule has 0 amide bonds. The molecule has 0 bridgehead atoms. The fourth-order valence-corrected chi connectivity index (χ4v) is 1.99. The van der Waals surface area contributed by atoms with Crippen LogP contribution in [0.25, 0.3) is 0 Å². The van der Waals surface area contributed by atoms with E-state index in [2.05, 4.69) is 55.7 Å². The van der Waals surface area contributed by atoms with Gasteiger partial charge in [-0.25, -0.2) is 0 Å². The second-order valence-electron chi connectivity index (χ2n) is 4.76. The van der Waals surface area contributed by atoms with Gasteiger partial charge in [0.25, 0.3) is 0 Å². The highest BCUT2D eigenvalue weighted by Gasteiger charge is 2.08. The van der Waals surface area contributed by atoms with E-state index in [0.29, 0.717) is 6.61 Å². The number of nitrogens with one attached hydrogen (secondary N) is 1. The third-order valence-corrected chi connectivity index (χ3v) is 3.20. The molecule has 0 saturated heterocycles. The van der Waals surface area contributed by atoms with Gasteiger partial charge in [-0.2, -0.15) is 5.48 Å². The number of hydrogen-bond donors (Lipinski definition) is 1. The van der Waals surface area contributed by atoms with Gasteiger partial charge < -0.3 is 0 Å². The standard InChI is InChI=1S/C17H21NO/c1-3-17(16-11-9-14(2)10-12-16)18-19-13-15-7-5-4-6-8-15/h4-12,17-18H,3,13H2,1-2H3. The van der Waals surface area contributed by atoms with Crippen molar-refractivity contribution in [1.82, 2.24) is 5.48 Å². The van der Waals surface area contributed by atoms with Gasteiger partial charge in [-0.05, 0) is 24.5 Å². The minimum absolute atomic E-state index is 0.240. The van der Waals surface area contributed by atoms with Crippen LogP contribution in [0.4, 0.5) is 0 Å². The van der Waals surface area contributed by atoms with Crippen molar-refractivity contribution in [3.8, 4) is 0 Å². The molecule has 0 saturated carbocycles. The molecular formula is C17H21NO. The molecule has 0 heterocycles. The predicted octanol–water partition coefficient (Wildman–Crippen LogP) is 4.17. The van der Waals surface area contributed by atoms with Gasteiger partial charge in [-0.3, -0.25) is 4.84 Å². The van der Waals surface area contributed by atoms with Crippen molar-refractivity contribution >= 4 is 0 Å². The topological polar surface area (TPSA) is 21.3 Å². The summed E-state index contributed by atoms with van der Waals surface area (Å²) >= 11 is 0. The second-order valence-corrected chi connectivity index (χ2v) is 4.76.